The van der Waals surface area contributed by atoms with Crippen LogP contribution in [0.1, 0.15) is 52.6 Å². The van der Waals surface area contributed by atoms with Crippen LogP contribution in [0.2, 0.25) is 0 Å². The molecule has 2 heterocycles. The standard InChI is InChI=1S/C26H29N5O4/c1-17(32)31(16-18-5-6-18)24-10-8-19(14-22(24)26(34)35-2)23-9-7-20(15-28-23)25(33)27-12-3-4-21-11-13-29-30-21/h7-11,13-15,18H,3-6,12,16H2,1-2H3,(H,27,33)(H,29,30). The lowest BCUT2D eigenvalue weighted by Crippen LogP contribution is -2.32. The predicted octanol–water partition coefficient (Wildman–Crippen LogP) is 3.38. The number of pyridine rings is 1. The van der Waals surface area contributed by atoms with Crippen LogP contribution in [-0.4, -0.2) is 53.2 Å². The topological polar surface area (TPSA) is 117 Å². The molecule has 1 saturated carbocycles. The minimum atomic E-state index is -0.519. The minimum Gasteiger partial charge on any atom is -0.465 e. The van der Waals surface area contributed by atoms with E-state index in [4.69, 9.17) is 4.74 Å². The van der Waals surface area contributed by atoms with E-state index in [2.05, 4.69) is 20.5 Å². The zero-order valence-electron chi connectivity index (χ0n) is 19.9. The van der Waals surface area contributed by atoms with Crippen LogP contribution in [-0.2, 0) is 16.0 Å². The minimum absolute atomic E-state index is 0.118. The van der Waals surface area contributed by atoms with Crippen LogP contribution in [0.3, 0.4) is 0 Å². The van der Waals surface area contributed by atoms with Gasteiger partial charge in [0.1, 0.15) is 0 Å². The maximum absolute atomic E-state index is 12.6. The van der Waals surface area contributed by atoms with Crippen molar-refractivity contribution in [1.82, 2.24) is 20.5 Å². The lowest BCUT2D eigenvalue weighted by molar-refractivity contribution is -0.116. The Balaban J connectivity index is 1.46. The molecule has 1 fully saturated rings. The van der Waals surface area contributed by atoms with Crippen molar-refractivity contribution >= 4 is 23.5 Å². The molecule has 0 bridgehead atoms. The molecule has 182 valence electrons. The highest BCUT2D eigenvalue weighted by molar-refractivity contribution is 6.03. The van der Waals surface area contributed by atoms with Gasteiger partial charge in [-0.05, 0) is 61.9 Å². The van der Waals surface area contributed by atoms with Gasteiger partial charge in [0.05, 0.1) is 35.3 Å². The third-order valence-electron chi connectivity index (χ3n) is 5.99. The number of hydrogen-bond donors (Lipinski definition) is 2. The zero-order chi connectivity index (χ0) is 24.8. The number of methoxy groups -OCH3 is 1. The Kier molecular flexibility index (Phi) is 7.54. The fraction of sp³-hybridized carbons (Fsp3) is 0.346. The first-order valence-electron chi connectivity index (χ1n) is 11.7. The number of esters is 1. The molecule has 1 aliphatic rings. The first-order chi connectivity index (χ1) is 17.0. The van der Waals surface area contributed by atoms with E-state index in [1.807, 2.05) is 12.1 Å². The van der Waals surface area contributed by atoms with Crippen LogP contribution < -0.4 is 10.2 Å². The highest BCUT2D eigenvalue weighted by Gasteiger charge is 2.29. The number of benzene rings is 1. The molecule has 3 aromatic rings. The summed E-state index contributed by atoms with van der Waals surface area (Å²) in [6.45, 7) is 2.62. The van der Waals surface area contributed by atoms with Crippen molar-refractivity contribution in [2.75, 3.05) is 25.1 Å². The number of carbonyl (C=O) groups is 3. The smallest absolute Gasteiger partial charge is 0.340 e. The summed E-state index contributed by atoms with van der Waals surface area (Å²) in [4.78, 5) is 43.4. The van der Waals surface area contributed by atoms with Crippen LogP contribution >= 0.6 is 0 Å². The van der Waals surface area contributed by atoms with Gasteiger partial charge < -0.3 is 15.0 Å². The fourth-order valence-electron chi connectivity index (χ4n) is 3.86. The van der Waals surface area contributed by atoms with Gasteiger partial charge >= 0.3 is 5.97 Å². The van der Waals surface area contributed by atoms with E-state index >= 15 is 0 Å². The summed E-state index contributed by atoms with van der Waals surface area (Å²) in [5.41, 5.74) is 3.54. The predicted molar refractivity (Wildman–Crippen MR) is 131 cm³/mol. The quantitative estimate of drug-likeness (QED) is 0.343. The fourth-order valence-corrected chi connectivity index (χ4v) is 3.86. The lowest BCUT2D eigenvalue weighted by atomic mass is 10.0. The molecule has 0 aliphatic heterocycles. The Morgan fingerprint density at radius 3 is 2.63 bits per heavy atom. The maximum Gasteiger partial charge on any atom is 0.340 e. The number of aromatic amines is 1. The number of carbonyl (C=O) groups excluding carboxylic acids is 3. The molecule has 2 N–H and O–H groups in total. The van der Waals surface area contributed by atoms with Gasteiger partial charge in [-0.1, -0.05) is 6.07 Å². The number of rotatable bonds is 10. The average molecular weight is 476 g/mol. The maximum atomic E-state index is 12.6. The monoisotopic (exact) mass is 475 g/mol. The van der Waals surface area contributed by atoms with Crippen LogP contribution in [0.15, 0.2) is 48.8 Å². The number of H-pyrrole nitrogens is 1. The van der Waals surface area contributed by atoms with E-state index in [1.54, 1.807) is 35.4 Å². The summed E-state index contributed by atoms with van der Waals surface area (Å²) >= 11 is 0. The van der Waals surface area contributed by atoms with Gasteiger partial charge in [0.2, 0.25) is 5.91 Å². The largest absolute Gasteiger partial charge is 0.465 e. The molecular formula is C26H29N5O4. The van der Waals surface area contributed by atoms with Gasteiger partial charge in [-0.15, -0.1) is 0 Å². The van der Waals surface area contributed by atoms with Gasteiger partial charge in [-0.25, -0.2) is 4.79 Å². The molecule has 9 heteroatoms. The SMILES string of the molecule is COC(=O)c1cc(-c2ccc(C(=O)NCCCc3cc[nH]n3)cn2)ccc1N(CC1CC1)C(C)=O. The average Bonchev–Trinajstić information content (AvgIpc) is 3.55. The third kappa shape index (κ3) is 6.11. The van der Waals surface area contributed by atoms with Crippen LogP contribution in [0.4, 0.5) is 5.69 Å². The van der Waals surface area contributed by atoms with Crippen molar-refractivity contribution in [1.29, 1.82) is 0 Å². The highest BCUT2D eigenvalue weighted by Crippen LogP contribution is 2.34. The summed E-state index contributed by atoms with van der Waals surface area (Å²) in [5.74, 6) is -0.369. The molecule has 2 amide bonds. The Hall–Kier alpha value is -4.01. The molecule has 0 spiro atoms. The summed E-state index contributed by atoms with van der Waals surface area (Å²) < 4.78 is 4.98. The molecule has 35 heavy (non-hydrogen) atoms. The molecule has 2 aromatic heterocycles. The van der Waals surface area contributed by atoms with Gasteiger partial charge in [-0.3, -0.25) is 19.7 Å². The molecule has 1 aromatic carbocycles. The molecule has 4 rings (SSSR count). The third-order valence-corrected chi connectivity index (χ3v) is 5.99. The number of nitrogens with zero attached hydrogens (tertiary/aromatic N) is 3. The van der Waals surface area contributed by atoms with Crippen molar-refractivity contribution < 1.29 is 19.1 Å². The van der Waals surface area contributed by atoms with E-state index in [0.29, 0.717) is 47.1 Å². The Bertz CT molecular complexity index is 1190. The molecule has 0 atom stereocenters. The second-order valence-corrected chi connectivity index (χ2v) is 8.65. The van der Waals surface area contributed by atoms with Crippen molar-refractivity contribution in [3.05, 3.63) is 65.6 Å². The Morgan fingerprint density at radius 1 is 1.17 bits per heavy atom. The number of amides is 2. The van der Waals surface area contributed by atoms with Gasteiger partial charge in [0, 0.05) is 38.0 Å². The van der Waals surface area contributed by atoms with E-state index in [-0.39, 0.29) is 11.8 Å². The van der Waals surface area contributed by atoms with E-state index in [1.165, 1.54) is 20.2 Å². The summed E-state index contributed by atoms with van der Waals surface area (Å²) in [6.07, 6.45) is 7.02. The number of aromatic nitrogens is 3. The number of nitrogens with one attached hydrogen (secondary N) is 2. The number of aryl methyl sites for hydroxylation is 1. The molecule has 9 nitrogen and oxygen atoms in total. The first kappa shape index (κ1) is 24.1. The van der Waals surface area contributed by atoms with E-state index < -0.39 is 5.97 Å². The Morgan fingerprint density at radius 2 is 2.00 bits per heavy atom. The first-order valence-corrected chi connectivity index (χ1v) is 11.7. The molecule has 1 aliphatic carbocycles. The normalized spacial score (nSPS) is 12.7. The van der Waals surface area contributed by atoms with Crippen molar-refractivity contribution in [3.8, 4) is 11.3 Å². The summed E-state index contributed by atoms with van der Waals surface area (Å²) in [5, 5.41) is 9.75. The van der Waals surface area contributed by atoms with Crippen LogP contribution in [0.5, 0.6) is 0 Å². The van der Waals surface area contributed by atoms with E-state index in [0.717, 1.165) is 31.4 Å². The van der Waals surface area contributed by atoms with Gasteiger partial charge in [0.15, 0.2) is 0 Å². The second kappa shape index (κ2) is 10.9. The molecule has 0 radical (unpaired) electrons. The lowest BCUT2D eigenvalue weighted by Gasteiger charge is -2.23. The zero-order valence-corrected chi connectivity index (χ0v) is 19.9. The van der Waals surface area contributed by atoms with Gasteiger partial charge in [-0.2, -0.15) is 5.10 Å². The Labute approximate surface area is 203 Å². The van der Waals surface area contributed by atoms with Crippen LogP contribution in [0, 0.1) is 5.92 Å². The molecule has 0 unspecified atom stereocenters. The summed E-state index contributed by atoms with van der Waals surface area (Å²) in [6, 6.07) is 10.6. The highest BCUT2D eigenvalue weighted by atomic mass is 16.5. The van der Waals surface area contributed by atoms with Crippen LogP contribution in [0.25, 0.3) is 11.3 Å². The van der Waals surface area contributed by atoms with E-state index in [9.17, 15) is 14.4 Å². The number of anilines is 1. The number of ether oxygens (including phenoxy) is 1. The van der Waals surface area contributed by atoms with Crippen molar-refractivity contribution in [3.63, 3.8) is 0 Å². The molecular weight excluding hydrogens is 446 g/mol. The second-order valence-electron chi connectivity index (χ2n) is 8.65. The van der Waals surface area contributed by atoms with Crippen molar-refractivity contribution in [2.24, 2.45) is 5.92 Å². The van der Waals surface area contributed by atoms with Crippen molar-refractivity contribution in [2.45, 2.75) is 32.6 Å². The summed E-state index contributed by atoms with van der Waals surface area (Å²) in [7, 11) is 1.32. The molecule has 0 saturated heterocycles. The van der Waals surface area contributed by atoms with Gasteiger partial charge in [0.25, 0.3) is 5.91 Å². The number of hydrogen-bond acceptors (Lipinski definition) is 6.